The van der Waals surface area contributed by atoms with E-state index in [0.29, 0.717) is 0 Å². The van der Waals surface area contributed by atoms with E-state index >= 15 is 0 Å². The molecular weight excluding hydrogens is 347 g/mol. The van der Waals surface area contributed by atoms with Crippen LogP contribution < -0.4 is 5.32 Å². The monoisotopic (exact) mass is 357 g/mol. The standard InChI is InChI=1S/C15H11BrF3NO/c1-8(9-2-4-10(16)5-3-9)20-15(21)11-6-7-12(17)14(19)13(11)18/h2-8H,1H3,(H,20,21)/t8-/m0/s1. The fourth-order valence-corrected chi connectivity index (χ4v) is 2.07. The van der Waals surface area contributed by atoms with Gasteiger partial charge in [-0.2, -0.15) is 0 Å². The lowest BCUT2D eigenvalue weighted by molar-refractivity contribution is 0.0934. The summed E-state index contributed by atoms with van der Waals surface area (Å²) < 4.78 is 40.4. The SMILES string of the molecule is C[C@H](NC(=O)c1ccc(F)c(F)c1F)c1ccc(Br)cc1. The smallest absolute Gasteiger partial charge is 0.254 e. The molecule has 0 aliphatic heterocycles. The molecule has 0 aromatic heterocycles. The molecule has 0 saturated heterocycles. The molecule has 2 nitrogen and oxygen atoms in total. The number of rotatable bonds is 3. The molecular formula is C15H11BrF3NO. The fraction of sp³-hybridized carbons (Fsp3) is 0.133. The quantitative estimate of drug-likeness (QED) is 0.812. The number of nitrogens with one attached hydrogen (secondary N) is 1. The Kier molecular flexibility index (Phi) is 4.67. The van der Waals surface area contributed by atoms with E-state index in [0.717, 1.165) is 22.2 Å². The molecule has 2 aromatic rings. The van der Waals surface area contributed by atoms with Gasteiger partial charge in [0.15, 0.2) is 17.5 Å². The first kappa shape index (κ1) is 15.6. The third kappa shape index (κ3) is 3.44. The molecule has 0 aliphatic rings. The molecule has 0 bridgehead atoms. The Morgan fingerprint density at radius 1 is 1.05 bits per heavy atom. The van der Waals surface area contributed by atoms with Crippen LogP contribution in [0.2, 0.25) is 0 Å². The topological polar surface area (TPSA) is 29.1 Å². The summed E-state index contributed by atoms with van der Waals surface area (Å²) in [6.45, 7) is 1.71. The molecule has 2 rings (SSSR count). The minimum Gasteiger partial charge on any atom is -0.345 e. The summed E-state index contributed by atoms with van der Waals surface area (Å²) in [5.74, 6) is -5.28. The Bertz CT molecular complexity index is 673. The number of halogens is 4. The summed E-state index contributed by atoms with van der Waals surface area (Å²) in [4.78, 5) is 11.9. The zero-order chi connectivity index (χ0) is 15.6. The molecule has 1 amide bonds. The number of hydrogen-bond acceptors (Lipinski definition) is 1. The average Bonchev–Trinajstić information content (AvgIpc) is 2.45. The second kappa shape index (κ2) is 6.30. The second-order valence-electron chi connectivity index (χ2n) is 4.47. The van der Waals surface area contributed by atoms with E-state index in [1.54, 1.807) is 31.2 Å². The summed E-state index contributed by atoms with van der Waals surface area (Å²) >= 11 is 3.29. The summed E-state index contributed by atoms with van der Waals surface area (Å²) in [5.41, 5.74) is 0.271. The normalized spacial score (nSPS) is 12.0. The number of carbonyl (C=O) groups is 1. The molecule has 0 radical (unpaired) electrons. The predicted molar refractivity (Wildman–Crippen MR) is 76.3 cm³/mol. The van der Waals surface area contributed by atoms with Gasteiger partial charge in [-0.05, 0) is 36.8 Å². The van der Waals surface area contributed by atoms with Gasteiger partial charge in [0, 0.05) is 4.47 Å². The van der Waals surface area contributed by atoms with E-state index in [-0.39, 0.29) is 0 Å². The van der Waals surface area contributed by atoms with Gasteiger partial charge < -0.3 is 5.32 Å². The van der Waals surface area contributed by atoms with Gasteiger partial charge in [0.25, 0.3) is 5.91 Å². The Morgan fingerprint density at radius 2 is 1.67 bits per heavy atom. The van der Waals surface area contributed by atoms with Crippen LogP contribution in [0, 0.1) is 17.5 Å². The fourth-order valence-electron chi connectivity index (χ4n) is 1.81. The first-order valence-corrected chi connectivity index (χ1v) is 6.89. The minimum absolute atomic E-state index is 0.405. The first-order chi connectivity index (χ1) is 9.90. The first-order valence-electron chi connectivity index (χ1n) is 6.10. The van der Waals surface area contributed by atoms with Crippen LogP contribution in [0.3, 0.4) is 0 Å². The predicted octanol–water partition coefficient (Wildman–Crippen LogP) is 4.36. The van der Waals surface area contributed by atoms with Gasteiger partial charge in [0.1, 0.15) is 0 Å². The third-order valence-corrected chi connectivity index (χ3v) is 3.53. The maximum atomic E-state index is 13.5. The second-order valence-corrected chi connectivity index (χ2v) is 5.39. The highest BCUT2D eigenvalue weighted by molar-refractivity contribution is 9.10. The highest BCUT2D eigenvalue weighted by Crippen LogP contribution is 2.19. The van der Waals surface area contributed by atoms with Gasteiger partial charge in [-0.1, -0.05) is 28.1 Å². The number of amides is 1. The molecule has 2 aromatic carbocycles. The molecule has 1 atom stereocenters. The average molecular weight is 358 g/mol. The molecule has 0 spiro atoms. The van der Waals surface area contributed by atoms with E-state index in [4.69, 9.17) is 0 Å². The number of carbonyl (C=O) groups excluding carboxylic acids is 1. The summed E-state index contributed by atoms with van der Waals surface area (Å²) in [7, 11) is 0. The van der Waals surface area contributed by atoms with Gasteiger partial charge in [-0.3, -0.25) is 4.79 Å². The Labute approximate surface area is 128 Å². The van der Waals surface area contributed by atoms with E-state index in [1.165, 1.54) is 0 Å². The molecule has 21 heavy (non-hydrogen) atoms. The number of hydrogen-bond donors (Lipinski definition) is 1. The van der Waals surface area contributed by atoms with Crippen molar-refractivity contribution in [1.82, 2.24) is 5.32 Å². The van der Waals surface area contributed by atoms with Crippen LogP contribution in [0.1, 0.15) is 28.9 Å². The van der Waals surface area contributed by atoms with Crippen molar-refractivity contribution in [3.8, 4) is 0 Å². The van der Waals surface area contributed by atoms with Crippen LogP contribution in [0.5, 0.6) is 0 Å². The maximum absolute atomic E-state index is 13.5. The largest absolute Gasteiger partial charge is 0.345 e. The Morgan fingerprint density at radius 3 is 2.29 bits per heavy atom. The Hall–Kier alpha value is -1.82. The van der Waals surface area contributed by atoms with Crippen LogP contribution in [0.15, 0.2) is 40.9 Å². The molecule has 0 unspecified atom stereocenters. The van der Waals surface area contributed by atoms with Gasteiger partial charge >= 0.3 is 0 Å². The van der Waals surface area contributed by atoms with Crippen LogP contribution in [0.4, 0.5) is 13.2 Å². The number of benzene rings is 2. The molecule has 110 valence electrons. The van der Waals surface area contributed by atoms with Crippen molar-refractivity contribution in [2.75, 3.05) is 0 Å². The van der Waals surface area contributed by atoms with Crippen LogP contribution >= 0.6 is 15.9 Å². The van der Waals surface area contributed by atoms with Crippen molar-refractivity contribution in [2.24, 2.45) is 0 Å². The third-order valence-electron chi connectivity index (χ3n) is 3.00. The maximum Gasteiger partial charge on any atom is 0.254 e. The van der Waals surface area contributed by atoms with Crippen molar-refractivity contribution in [3.05, 3.63) is 69.4 Å². The summed E-state index contributed by atoms with van der Waals surface area (Å²) in [6.07, 6.45) is 0. The minimum atomic E-state index is -1.65. The molecule has 0 saturated carbocycles. The van der Waals surface area contributed by atoms with Gasteiger partial charge in [-0.15, -0.1) is 0 Å². The lowest BCUT2D eigenvalue weighted by Gasteiger charge is -2.15. The van der Waals surface area contributed by atoms with E-state index < -0.39 is 35.0 Å². The zero-order valence-electron chi connectivity index (χ0n) is 11.0. The highest BCUT2D eigenvalue weighted by atomic mass is 79.9. The van der Waals surface area contributed by atoms with Crippen molar-refractivity contribution in [3.63, 3.8) is 0 Å². The van der Waals surface area contributed by atoms with E-state index in [1.807, 2.05) is 0 Å². The van der Waals surface area contributed by atoms with Crippen LogP contribution in [0.25, 0.3) is 0 Å². The molecule has 0 fully saturated rings. The lowest BCUT2D eigenvalue weighted by atomic mass is 10.1. The van der Waals surface area contributed by atoms with Crippen molar-refractivity contribution in [1.29, 1.82) is 0 Å². The van der Waals surface area contributed by atoms with Gasteiger partial charge in [-0.25, -0.2) is 13.2 Å². The van der Waals surface area contributed by atoms with E-state index in [2.05, 4.69) is 21.2 Å². The molecule has 0 aliphatic carbocycles. The summed E-state index contributed by atoms with van der Waals surface area (Å²) in [5, 5.41) is 2.54. The lowest BCUT2D eigenvalue weighted by Crippen LogP contribution is -2.27. The van der Waals surface area contributed by atoms with Crippen molar-refractivity contribution >= 4 is 21.8 Å². The zero-order valence-corrected chi connectivity index (χ0v) is 12.5. The highest BCUT2D eigenvalue weighted by Gasteiger charge is 2.20. The molecule has 1 N–H and O–H groups in total. The van der Waals surface area contributed by atoms with Crippen molar-refractivity contribution < 1.29 is 18.0 Å². The van der Waals surface area contributed by atoms with Crippen LogP contribution in [-0.2, 0) is 0 Å². The van der Waals surface area contributed by atoms with Gasteiger partial charge in [0.05, 0.1) is 11.6 Å². The summed E-state index contributed by atoms with van der Waals surface area (Å²) in [6, 6.07) is 8.41. The van der Waals surface area contributed by atoms with E-state index in [9.17, 15) is 18.0 Å². The molecule has 6 heteroatoms. The Balaban J connectivity index is 2.18. The van der Waals surface area contributed by atoms with Gasteiger partial charge in [0.2, 0.25) is 0 Å². The van der Waals surface area contributed by atoms with Crippen LogP contribution in [-0.4, -0.2) is 5.91 Å². The van der Waals surface area contributed by atoms with Crippen molar-refractivity contribution in [2.45, 2.75) is 13.0 Å². The molecule has 0 heterocycles.